The van der Waals surface area contributed by atoms with E-state index in [1.807, 2.05) is 32.9 Å². The number of carbonyl (C=O) groups is 2. The number of hydrazine groups is 1. The van der Waals surface area contributed by atoms with E-state index < -0.39 is 17.9 Å². The number of rotatable bonds is 9. The number of benzene rings is 2. The molecule has 7 heteroatoms. The zero-order valence-corrected chi connectivity index (χ0v) is 17.3. The molecule has 156 valence electrons. The molecule has 0 aliphatic heterocycles. The largest absolute Gasteiger partial charge is 0.490 e. The van der Waals surface area contributed by atoms with Crippen LogP contribution in [0.2, 0.25) is 0 Å². The molecular formula is C22H28N2O5. The van der Waals surface area contributed by atoms with Crippen molar-refractivity contribution in [1.29, 1.82) is 0 Å². The van der Waals surface area contributed by atoms with Gasteiger partial charge in [-0.3, -0.25) is 20.4 Å². The molecule has 0 aliphatic rings. The minimum atomic E-state index is -0.782. The van der Waals surface area contributed by atoms with E-state index in [1.54, 1.807) is 37.3 Å². The lowest BCUT2D eigenvalue weighted by molar-refractivity contribution is -0.128. The highest BCUT2D eigenvalue weighted by Crippen LogP contribution is 2.18. The van der Waals surface area contributed by atoms with E-state index >= 15 is 0 Å². The van der Waals surface area contributed by atoms with Gasteiger partial charge in [0.25, 0.3) is 11.8 Å². The van der Waals surface area contributed by atoms with Gasteiger partial charge in [-0.15, -0.1) is 0 Å². The van der Waals surface area contributed by atoms with Gasteiger partial charge in [0.1, 0.15) is 18.1 Å². The zero-order valence-electron chi connectivity index (χ0n) is 17.3. The van der Waals surface area contributed by atoms with Crippen LogP contribution in [-0.4, -0.2) is 37.7 Å². The van der Waals surface area contributed by atoms with Crippen LogP contribution in [0.4, 0.5) is 0 Å². The maximum Gasteiger partial charge on any atom is 0.279 e. The Morgan fingerprint density at radius 1 is 1.00 bits per heavy atom. The summed E-state index contributed by atoms with van der Waals surface area (Å²) >= 11 is 0. The number of hydrogen-bond donors (Lipinski definition) is 2. The quantitative estimate of drug-likeness (QED) is 0.499. The van der Waals surface area contributed by atoms with Gasteiger partial charge in [0.05, 0.1) is 12.2 Å². The second-order valence-electron chi connectivity index (χ2n) is 6.49. The molecule has 0 fully saturated rings. The fourth-order valence-corrected chi connectivity index (χ4v) is 2.47. The molecule has 1 unspecified atom stereocenters. The summed E-state index contributed by atoms with van der Waals surface area (Å²) in [6.07, 6.45) is -0.782. The van der Waals surface area contributed by atoms with E-state index in [0.29, 0.717) is 36.9 Å². The fraction of sp³-hybridized carbons (Fsp3) is 0.364. The van der Waals surface area contributed by atoms with Crippen LogP contribution >= 0.6 is 0 Å². The van der Waals surface area contributed by atoms with Crippen molar-refractivity contribution in [2.24, 2.45) is 0 Å². The van der Waals surface area contributed by atoms with Crippen LogP contribution in [0, 0.1) is 13.8 Å². The molecule has 7 nitrogen and oxygen atoms in total. The lowest BCUT2D eigenvalue weighted by atomic mass is 10.1. The van der Waals surface area contributed by atoms with Crippen LogP contribution in [0.5, 0.6) is 11.5 Å². The van der Waals surface area contributed by atoms with Crippen molar-refractivity contribution in [2.75, 3.05) is 19.8 Å². The summed E-state index contributed by atoms with van der Waals surface area (Å²) in [6.45, 7) is 8.84. The molecule has 0 aliphatic carbocycles. The number of aryl methyl sites for hydroxylation is 2. The third-order valence-electron chi connectivity index (χ3n) is 4.28. The Hall–Kier alpha value is -3.06. The van der Waals surface area contributed by atoms with E-state index in [-0.39, 0.29) is 0 Å². The first-order valence-electron chi connectivity index (χ1n) is 9.56. The topological polar surface area (TPSA) is 85.9 Å². The molecule has 29 heavy (non-hydrogen) atoms. The molecule has 2 N–H and O–H groups in total. The summed E-state index contributed by atoms with van der Waals surface area (Å²) in [7, 11) is 0. The second kappa shape index (κ2) is 11.1. The van der Waals surface area contributed by atoms with Gasteiger partial charge in [-0.1, -0.05) is 18.2 Å². The molecule has 2 rings (SSSR count). The molecule has 0 saturated heterocycles. The molecule has 0 heterocycles. The molecule has 0 saturated carbocycles. The van der Waals surface area contributed by atoms with Crippen molar-refractivity contribution in [1.82, 2.24) is 10.9 Å². The first kappa shape index (κ1) is 22.2. The minimum Gasteiger partial charge on any atom is -0.490 e. The molecule has 0 spiro atoms. The van der Waals surface area contributed by atoms with Gasteiger partial charge in [0.15, 0.2) is 6.10 Å². The van der Waals surface area contributed by atoms with Gasteiger partial charge in [-0.25, -0.2) is 0 Å². The molecule has 1 atom stereocenters. The molecular weight excluding hydrogens is 372 g/mol. The van der Waals surface area contributed by atoms with Gasteiger partial charge < -0.3 is 14.2 Å². The lowest BCUT2D eigenvalue weighted by Crippen LogP contribution is -2.47. The lowest BCUT2D eigenvalue weighted by Gasteiger charge is -2.16. The second-order valence-corrected chi connectivity index (χ2v) is 6.49. The highest BCUT2D eigenvalue weighted by atomic mass is 16.5. The maximum absolute atomic E-state index is 12.4. The Kier molecular flexibility index (Phi) is 8.48. The number of carbonyl (C=O) groups excluding carboxylic acids is 2. The average molecular weight is 400 g/mol. The highest BCUT2D eigenvalue weighted by Gasteiger charge is 2.17. The van der Waals surface area contributed by atoms with Crippen LogP contribution < -0.4 is 20.3 Å². The summed E-state index contributed by atoms with van der Waals surface area (Å²) in [5.41, 5.74) is 7.31. The van der Waals surface area contributed by atoms with Gasteiger partial charge in [0.2, 0.25) is 0 Å². The first-order chi connectivity index (χ1) is 13.9. The van der Waals surface area contributed by atoms with E-state index in [9.17, 15) is 9.59 Å². The maximum atomic E-state index is 12.4. The zero-order chi connectivity index (χ0) is 21.2. The Labute approximate surface area is 171 Å². The number of ether oxygens (including phenoxy) is 3. The predicted molar refractivity (Wildman–Crippen MR) is 110 cm³/mol. The molecule has 0 bridgehead atoms. The van der Waals surface area contributed by atoms with Crippen LogP contribution in [0.1, 0.15) is 35.3 Å². The molecule has 2 amide bonds. The van der Waals surface area contributed by atoms with Crippen molar-refractivity contribution in [3.8, 4) is 11.5 Å². The van der Waals surface area contributed by atoms with Crippen LogP contribution in [0.3, 0.4) is 0 Å². The van der Waals surface area contributed by atoms with Crippen LogP contribution in [0.25, 0.3) is 0 Å². The highest BCUT2D eigenvalue weighted by molar-refractivity contribution is 5.98. The number of nitrogens with one attached hydrogen (secondary N) is 2. The Morgan fingerprint density at radius 3 is 2.48 bits per heavy atom. The van der Waals surface area contributed by atoms with E-state index in [0.717, 1.165) is 11.1 Å². The minimum absolute atomic E-state index is 0.312. The third kappa shape index (κ3) is 6.80. The number of amides is 2. The Morgan fingerprint density at radius 2 is 1.76 bits per heavy atom. The Balaban J connectivity index is 1.89. The van der Waals surface area contributed by atoms with Crippen molar-refractivity contribution in [3.63, 3.8) is 0 Å². The smallest absolute Gasteiger partial charge is 0.279 e. The van der Waals surface area contributed by atoms with Crippen molar-refractivity contribution in [2.45, 2.75) is 33.8 Å². The summed E-state index contributed by atoms with van der Waals surface area (Å²) in [5, 5.41) is 0. The molecule has 2 aromatic carbocycles. The van der Waals surface area contributed by atoms with E-state index in [4.69, 9.17) is 14.2 Å². The summed E-state index contributed by atoms with van der Waals surface area (Å²) in [4.78, 5) is 24.7. The van der Waals surface area contributed by atoms with Gasteiger partial charge in [-0.05, 0) is 63.1 Å². The normalized spacial score (nSPS) is 11.4. The van der Waals surface area contributed by atoms with E-state index in [1.165, 1.54) is 0 Å². The van der Waals surface area contributed by atoms with Crippen molar-refractivity contribution in [3.05, 3.63) is 59.2 Å². The number of hydrogen-bond acceptors (Lipinski definition) is 5. The monoisotopic (exact) mass is 400 g/mol. The van der Waals surface area contributed by atoms with Crippen molar-refractivity contribution >= 4 is 11.8 Å². The number of para-hydroxylation sites is 1. The third-order valence-corrected chi connectivity index (χ3v) is 4.28. The molecule has 0 radical (unpaired) electrons. The standard InChI is InChI=1S/C22H28N2O5/c1-5-27-12-13-28-20-9-7-6-8-19(20)22(26)24-23-21(25)17(4)29-18-11-10-15(2)16(3)14-18/h6-11,14,17H,5,12-13H2,1-4H3,(H,23,25)(H,24,26). The molecule has 0 aromatic heterocycles. The summed E-state index contributed by atoms with van der Waals surface area (Å²) in [5.74, 6) is 0.0589. The summed E-state index contributed by atoms with van der Waals surface area (Å²) < 4.78 is 16.5. The van der Waals surface area contributed by atoms with Crippen molar-refractivity contribution < 1.29 is 23.8 Å². The van der Waals surface area contributed by atoms with Gasteiger partial charge in [-0.2, -0.15) is 0 Å². The fourth-order valence-electron chi connectivity index (χ4n) is 2.47. The SMILES string of the molecule is CCOCCOc1ccccc1C(=O)NNC(=O)C(C)Oc1ccc(C)c(C)c1. The Bertz CT molecular complexity index is 838. The van der Waals surface area contributed by atoms with Gasteiger partial charge >= 0.3 is 0 Å². The van der Waals surface area contributed by atoms with E-state index in [2.05, 4.69) is 10.9 Å². The average Bonchev–Trinajstić information content (AvgIpc) is 2.72. The molecule has 2 aromatic rings. The summed E-state index contributed by atoms with van der Waals surface area (Å²) in [6, 6.07) is 12.4. The van der Waals surface area contributed by atoms with Crippen LogP contribution in [-0.2, 0) is 9.53 Å². The van der Waals surface area contributed by atoms with Gasteiger partial charge in [0, 0.05) is 6.61 Å². The first-order valence-corrected chi connectivity index (χ1v) is 9.56. The predicted octanol–water partition coefficient (Wildman–Crippen LogP) is 2.95. The van der Waals surface area contributed by atoms with Crippen LogP contribution in [0.15, 0.2) is 42.5 Å².